The number of hydrogen-bond donors (Lipinski definition) is 0. The molecule has 0 aliphatic rings. The zero-order chi connectivity index (χ0) is 13.0. The lowest BCUT2D eigenvalue weighted by Crippen LogP contribution is -1.93. The molecular formula is C17H18O. The third-order valence-electron chi connectivity index (χ3n) is 3.05. The van der Waals surface area contributed by atoms with Crippen molar-refractivity contribution in [2.45, 2.75) is 26.4 Å². The fraction of sp³-hybridized carbons (Fsp3) is 0.294. The van der Waals surface area contributed by atoms with E-state index in [9.17, 15) is 0 Å². The number of benzene rings is 2. The van der Waals surface area contributed by atoms with E-state index in [1.165, 1.54) is 21.9 Å². The van der Waals surface area contributed by atoms with Gasteiger partial charge in [-0.1, -0.05) is 50.1 Å². The smallest absolute Gasteiger partial charge is 0.107 e. The number of rotatable bonds is 4. The maximum Gasteiger partial charge on any atom is 0.107 e. The van der Waals surface area contributed by atoms with Crippen LogP contribution in [0.1, 0.15) is 30.9 Å². The molecular weight excluding hydrogens is 220 g/mol. The van der Waals surface area contributed by atoms with E-state index in [0.717, 1.165) is 0 Å². The van der Waals surface area contributed by atoms with Gasteiger partial charge < -0.3 is 4.74 Å². The summed E-state index contributed by atoms with van der Waals surface area (Å²) in [7, 11) is 0. The van der Waals surface area contributed by atoms with E-state index in [1.54, 1.807) is 0 Å². The SMILES string of the molecule is C#CCOCc1ccc2ccc(C(C)C)cc2c1. The third-order valence-corrected chi connectivity index (χ3v) is 3.05. The highest BCUT2D eigenvalue weighted by Gasteiger charge is 2.02. The van der Waals surface area contributed by atoms with E-state index in [2.05, 4.69) is 56.2 Å². The summed E-state index contributed by atoms with van der Waals surface area (Å²) in [6, 6.07) is 13.0. The average molecular weight is 238 g/mol. The molecule has 0 amide bonds. The van der Waals surface area contributed by atoms with Gasteiger partial charge in [0.2, 0.25) is 0 Å². The molecule has 0 N–H and O–H groups in total. The van der Waals surface area contributed by atoms with Crippen molar-refractivity contribution >= 4 is 10.8 Å². The van der Waals surface area contributed by atoms with Gasteiger partial charge >= 0.3 is 0 Å². The first-order chi connectivity index (χ1) is 8.70. The Balaban J connectivity index is 2.28. The van der Waals surface area contributed by atoms with Crippen LogP contribution in [0.25, 0.3) is 10.8 Å². The van der Waals surface area contributed by atoms with E-state index < -0.39 is 0 Å². The molecule has 0 radical (unpaired) electrons. The monoisotopic (exact) mass is 238 g/mol. The lowest BCUT2D eigenvalue weighted by Gasteiger charge is -2.08. The molecule has 0 heterocycles. The number of hydrogen-bond acceptors (Lipinski definition) is 1. The summed E-state index contributed by atoms with van der Waals surface area (Å²) < 4.78 is 5.36. The molecule has 92 valence electrons. The third kappa shape index (κ3) is 2.91. The summed E-state index contributed by atoms with van der Waals surface area (Å²) in [4.78, 5) is 0. The largest absolute Gasteiger partial charge is 0.364 e. The van der Waals surface area contributed by atoms with Gasteiger partial charge in [-0.2, -0.15) is 0 Å². The van der Waals surface area contributed by atoms with Gasteiger partial charge in [0.15, 0.2) is 0 Å². The van der Waals surface area contributed by atoms with Crippen LogP contribution < -0.4 is 0 Å². The highest BCUT2D eigenvalue weighted by Crippen LogP contribution is 2.22. The fourth-order valence-corrected chi connectivity index (χ4v) is 1.99. The molecule has 2 aromatic rings. The van der Waals surface area contributed by atoms with Crippen LogP contribution in [0, 0.1) is 12.3 Å². The normalized spacial score (nSPS) is 10.8. The second kappa shape index (κ2) is 5.71. The summed E-state index contributed by atoms with van der Waals surface area (Å²) in [5.74, 6) is 3.03. The summed E-state index contributed by atoms with van der Waals surface area (Å²) in [5, 5.41) is 2.53. The molecule has 1 heteroatoms. The van der Waals surface area contributed by atoms with Gasteiger partial charge in [-0.25, -0.2) is 0 Å². The second-order valence-corrected chi connectivity index (χ2v) is 4.79. The summed E-state index contributed by atoms with van der Waals surface area (Å²) in [5.41, 5.74) is 2.53. The Morgan fingerprint density at radius 1 is 1.11 bits per heavy atom. The molecule has 0 aliphatic carbocycles. The Morgan fingerprint density at radius 3 is 2.61 bits per heavy atom. The Hall–Kier alpha value is -1.78. The summed E-state index contributed by atoms with van der Waals surface area (Å²) >= 11 is 0. The summed E-state index contributed by atoms with van der Waals surface area (Å²) in [6.45, 7) is 5.36. The molecule has 0 unspecified atom stereocenters. The maximum absolute atomic E-state index is 5.36. The minimum absolute atomic E-state index is 0.365. The van der Waals surface area contributed by atoms with Crippen LogP contribution in [-0.2, 0) is 11.3 Å². The van der Waals surface area contributed by atoms with Gasteiger partial charge in [-0.05, 0) is 33.9 Å². The average Bonchev–Trinajstić information content (AvgIpc) is 2.38. The standard InChI is InChI=1S/C17H18O/c1-4-9-18-12-14-5-6-15-7-8-16(13(2)3)11-17(15)10-14/h1,5-8,10-11,13H,9,12H2,2-3H3. The Kier molecular flexibility index (Phi) is 4.02. The van der Waals surface area contributed by atoms with E-state index in [1.807, 2.05) is 0 Å². The summed E-state index contributed by atoms with van der Waals surface area (Å²) in [6.07, 6.45) is 5.16. The molecule has 0 aromatic heterocycles. The van der Waals surface area contributed by atoms with Gasteiger partial charge in [-0.3, -0.25) is 0 Å². The van der Waals surface area contributed by atoms with Crippen LogP contribution in [0.15, 0.2) is 36.4 Å². The van der Waals surface area contributed by atoms with Gasteiger partial charge in [0.1, 0.15) is 6.61 Å². The molecule has 1 nitrogen and oxygen atoms in total. The highest BCUT2D eigenvalue weighted by molar-refractivity contribution is 5.83. The Bertz CT molecular complexity index is 576. The van der Waals surface area contributed by atoms with Crippen LogP contribution in [0.5, 0.6) is 0 Å². The van der Waals surface area contributed by atoms with Crippen molar-refractivity contribution in [3.8, 4) is 12.3 Å². The predicted octanol–water partition coefficient (Wildman–Crippen LogP) is 4.11. The first-order valence-corrected chi connectivity index (χ1v) is 6.24. The Labute approximate surface area is 109 Å². The molecule has 18 heavy (non-hydrogen) atoms. The van der Waals surface area contributed by atoms with Gasteiger partial charge in [-0.15, -0.1) is 6.42 Å². The van der Waals surface area contributed by atoms with Gasteiger partial charge in [0.05, 0.1) is 6.61 Å². The molecule has 2 rings (SSSR count). The number of fused-ring (bicyclic) bond motifs is 1. The van der Waals surface area contributed by atoms with Crippen molar-refractivity contribution < 1.29 is 4.74 Å². The van der Waals surface area contributed by atoms with Crippen molar-refractivity contribution in [1.82, 2.24) is 0 Å². The van der Waals surface area contributed by atoms with Crippen molar-refractivity contribution in [3.05, 3.63) is 47.5 Å². The highest BCUT2D eigenvalue weighted by atomic mass is 16.5. The van der Waals surface area contributed by atoms with Gasteiger partial charge in [0, 0.05) is 0 Å². The van der Waals surface area contributed by atoms with E-state index in [0.29, 0.717) is 19.1 Å². The minimum atomic E-state index is 0.365. The lowest BCUT2D eigenvalue weighted by atomic mass is 9.98. The van der Waals surface area contributed by atoms with Gasteiger partial charge in [0.25, 0.3) is 0 Å². The van der Waals surface area contributed by atoms with E-state index in [4.69, 9.17) is 11.2 Å². The quantitative estimate of drug-likeness (QED) is 0.575. The van der Waals surface area contributed by atoms with Crippen molar-refractivity contribution in [2.75, 3.05) is 6.61 Å². The first-order valence-electron chi connectivity index (χ1n) is 6.24. The molecule has 0 atom stereocenters. The molecule has 0 spiro atoms. The molecule has 0 aliphatic heterocycles. The zero-order valence-electron chi connectivity index (χ0n) is 10.9. The molecule has 0 fully saturated rings. The number of terminal acetylenes is 1. The second-order valence-electron chi connectivity index (χ2n) is 4.79. The lowest BCUT2D eigenvalue weighted by molar-refractivity contribution is 0.153. The molecule has 0 bridgehead atoms. The van der Waals surface area contributed by atoms with Crippen molar-refractivity contribution in [1.29, 1.82) is 0 Å². The maximum atomic E-state index is 5.36. The van der Waals surface area contributed by atoms with E-state index in [-0.39, 0.29) is 0 Å². The van der Waals surface area contributed by atoms with Crippen molar-refractivity contribution in [3.63, 3.8) is 0 Å². The van der Waals surface area contributed by atoms with Crippen LogP contribution in [-0.4, -0.2) is 6.61 Å². The number of ether oxygens (including phenoxy) is 1. The van der Waals surface area contributed by atoms with Crippen molar-refractivity contribution in [2.24, 2.45) is 0 Å². The van der Waals surface area contributed by atoms with E-state index >= 15 is 0 Å². The predicted molar refractivity (Wildman–Crippen MR) is 76.5 cm³/mol. The first kappa shape index (κ1) is 12.7. The molecule has 0 saturated heterocycles. The van der Waals surface area contributed by atoms with Crippen LogP contribution in [0.3, 0.4) is 0 Å². The van der Waals surface area contributed by atoms with Crippen LogP contribution >= 0.6 is 0 Å². The Morgan fingerprint density at radius 2 is 1.89 bits per heavy atom. The topological polar surface area (TPSA) is 9.23 Å². The minimum Gasteiger partial charge on any atom is -0.364 e. The van der Waals surface area contributed by atoms with Crippen LogP contribution in [0.4, 0.5) is 0 Å². The van der Waals surface area contributed by atoms with Crippen LogP contribution in [0.2, 0.25) is 0 Å². The zero-order valence-corrected chi connectivity index (χ0v) is 10.9. The molecule has 2 aromatic carbocycles. The molecule has 0 saturated carbocycles. The fourth-order valence-electron chi connectivity index (χ4n) is 1.99.